The predicted molar refractivity (Wildman–Crippen MR) is 70.4 cm³/mol. The van der Waals surface area contributed by atoms with E-state index in [2.05, 4.69) is 5.32 Å². The van der Waals surface area contributed by atoms with Gasteiger partial charge in [0, 0.05) is 17.1 Å². The summed E-state index contributed by atoms with van der Waals surface area (Å²) in [6, 6.07) is 5.38. The van der Waals surface area contributed by atoms with Crippen molar-refractivity contribution in [1.82, 2.24) is 0 Å². The van der Waals surface area contributed by atoms with Gasteiger partial charge in [0.25, 0.3) is 0 Å². The van der Waals surface area contributed by atoms with E-state index < -0.39 is 0 Å². The van der Waals surface area contributed by atoms with Gasteiger partial charge in [-0.05, 0) is 43.7 Å². The highest BCUT2D eigenvalue weighted by atomic mass is 35.5. The average Bonchev–Trinajstić information content (AvgIpc) is 2.19. The SMILES string of the molecule is Cc1cc(Cl)ccc1NC(=O)CCCN.Cl. The summed E-state index contributed by atoms with van der Waals surface area (Å²) in [6.45, 7) is 2.44. The lowest BCUT2D eigenvalue weighted by Crippen LogP contribution is -2.14. The largest absolute Gasteiger partial charge is 0.330 e. The van der Waals surface area contributed by atoms with Gasteiger partial charge in [-0.2, -0.15) is 0 Å². The third kappa shape index (κ3) is 4.84. The molecular weight excluding hydrogens is 247 g/mol. The lowest BCUT2D eigenvalue weighted by Gasteiger charge is -2.08. The van der Waals surface area contributed by atoms with Crippen LogP contribution in [0.15, 0.2) is 18.2 Å². The molecule has 0 atom stereocenters. The molecular formula is C11H16Cl2N2O. The number of hydrogen-bond acceptors (Lipinski definition) is 2. The van der Waals surface area contributed by atoms with Crippen molar-refractivity contribution in [2.45, 2.75) is 19.8 Å². The van der Waals surface area contributed by atoms with Crippen molar-refractivity contribution in [2.24, 2.45) is 5.73 Å². The second kappa shape index (κ2) is 7.49. The van der Waals surface area contributed by atoms with E-state index in [9.17, 15) is 4.79 Å². The Morgan fingerprint density at radius 1 is 1.50 bits per heavy atom. The summed E-state index contributed by atoms with van der Waals surface area (Å²) in [5.74, 6) is -0.00845. The summed E-state index contributed by atoms with van der Waals surface area (Å²) in [4.78, 5) is 11.4. The van der Waals surface area contributed by atoms with Crippen molar-refractivity contribution < 1.29 is 4.79 Å². The van der Waals surface area contributed by atoms with Gasteiger partial charge in [0.05, 0.1) is 0 Å². The summed E-state index contributed by atoms with van der Waals surface area (Å²) in [7, 11) is 0. The second-order valence-electron chi connectivity index (χ2n) is 3.40. The molecule has 0 saturated carbocycles. The third-order valence-electron chi connectivity index (χ3n) is 2.07. The standard InChI is InChI=1S/C11H15ClN2O.ClH/c1-8-7-9(12)4-5-10(8)14-11(15)3-2-6-13;/h4-5,7H,2-3,6,13H2,1H3,(H,14,15);1H. The first kappa shape index (κ1) is 15.2. The van der Waals surface area contributed by atoms with E-state index in [1.165, 1.54) is 0 Å². The van der Waals surface area contributed by atoms with Crippen LogP contribution in [0.3, 0.4) is 0 Å². The molecule has 90 valence electrons. The van der Waals surface area contributed by atoms with Crippen LogP contribution in [-0.4, -0.2) is 12.5 Å². The van der Waals surface area contributed by atoms with Gasteiger partial charge in [0.15, 0.2) is 0 Å². The molecule has 0 aromatic heterocycles. The molecule has 0 aliphatic carbocycles. The fourth-order valence-corrected chi connectivity index (χ4v) is 1.47. The van der Waals surface area contributed by atoms with Gasteiger partial charge in [0.2, 0.25) is 5.91 Å². The van der Waals surface area contributed by atoms with Gasteiger partial charge >= 0.3 is 0 Å². The smallest absolute Gasteiger partial charge is 0.224 e. The highest BCUT2D eigenvalue weighted by molar-refractivity contribution is 6.30. The first-order chi connectivity index (χ1) is 7.13. The minimum Gasteiger partial charge on any atom is -0.330 e. The van der Waals surface area contributed by atoms with E-state index >= 15 is 0 Å². The van der Waals surface area contributed by atoms with Crippen molar-refractivity contribution in [3.8, 4) is 0 Å². The lowest BCUT2D eigenvalue weighted by atomic mass is 10.2. The summed E-state index contributed by atoms with van der Waals surface area (Å²) < 4.78 is 0. The Hall–Kier alpha value is -0.770. The molecule has 0 aliphatic rings. The zero-order valence-corrected chi connectivity index (χ0v) is 10.7. The fourth-order valence-electron chi connectivity index (χ4n) is 1.24. The van der Waals surface area contributed by atoms with Crippen LogP contribution in [0.1, 0.15) is 18.4 Å². The second-order valence-corrected chi connectivity index (χ2v) is 3.84. The van der Waals surface area contributed by atoms with Crippen molar-refractivity contribution in [3.05, 3.63) is 28.8 Å². The van der Waals surface area contributed by atoms with Crippen LogP contribution in [0.5, 0.6) is 0 Å². The summed E-state index contributed by atoms with van der Waals surface area (Å²) in [5, 5.41) is 3.49. The quantitative estimate of drug-likeness (QED) is 0.877. The molecule has 0 unspecified atom stereocenters. The van der Waals surface area contributed by atoms with E-state index in [4.69, 9.17) is 17.3 Å². The van der Waals surface area contributed by atoms with Crippen molar-refractivity contribution in [2.75, 3.05) is 11.9 Å². The number of carbonyl (C=O) groups is 1. The molecule has 0 saturated heterocycles. The van der Waals surface area contributed by atoms with E-state index in [1.807, 2.05) is 13.0 Å². The Morgan fingerprint density at radius 3 is 2.75 bits per heavy atom. The Balaban J connectivity index is 0.00000225. The van der Waals surface area contributed by atoms with Gasteiger partial charge in [-0.15, -0.1) is 12.4 Å². The number of aryl methyl sites for hydroxylation is 1. The molecule has 3 N–H and O–H groups in total. The van der Waals surface area contributed by atoms with E-state index in [0.717, 1.165) is 11.3 Å². The minimum atomic E-state index is -0.00845. The van der Waals surface area contributed by atoms with E-state index in [-0.39, 0.29) is 18.3 Å². The maximum atomic E-state index is 11.4. The number of carbonyl (C=O) groups excluding carboxylic acids is 1. The maximum absolute atomic E-state index is 11.4. The van der Waals surface area contributed by atoms with Crippen LogP contribution in [0, 0.1) is 6.92 Å². The molecule has 0 spiro atoms. The molecule has 5 heteroatoms. The summed E-state index contributed by atoms with van der Waals surface area (Å²) >= 11 is 5.81. The Morgan fingerprint density at radius 2 is 2.19 bits per heavy atom. The molecule has 1 rings (SSSR count). The zero-order valence-electron chi connectivity index (χ0n) is 9.13. The Bertz CT molecular complexity index is 356. The molecule has 0 fully saturated rings. The molecule has 0 heterocycles. The molecule has 1 aromatic carbocycles. The third-order valence-corrected chi connectivity index (χ3v) is 2.31. The number of rotatable bonds is 4. The minimum absolute atomic E-state index is 0. The van der Waals surface area contributed by atoms with Crippen LogP contribution in [0.25, 0.3) is 0 Å². The number of halogens is 2. The van der Waals surface area contributed by atoms with Crippen molar-refractivity contribution in [1.29, 1.82) is 0 Å². The molecule has 1 aromatic rings. The maximum Gasteiger partial charge on any atom is 0.224 e. The van der Waals surface area contributed by atoms with Gasteiger partial charge in [-0.25, -0.2) is 0 Å². The van der Waals surface area contributed by atoms with Gasteiger partial charge in [-0.3, -0.25) is 4.79 Å². The summed E-state index contributed by atoms with van der Waals surface area (Å²) in [6.07, 6.45) is 1.16. The van der Waals surface area contributed by atoms with Crippen molar-refractivity contribution in [3.63, 3.8) is 0 Å². The normalized spacial score (nSPS) is 9.44. The molecule has 16 heavy (non-hydrogen) atoms. The highest BCUT2D eigenvalue weighted by Crippen LogP contribution is 2.19. The number of benzene rings is 1. The number of nitrogens with one attached hydrogen (secondary N) is 1. The fraction of sp³-hybridized carbons (Fsp3) is 0.364. The zero-order chi connectivity index (χ0) is 11.3. The lowest BCUT2D eigenvalue weighted by molar-refractivity contribution is -0.116. The monoisotopic (exact) mass is 262 g/mol. The first-order valence-corrected chi connectivity index (χ1v) is 5.27. The molecule has 0 radical (unpaired) electrons. The Kier molecular flexibility index (Phi) is 7.13. The van der Waals surface area contributed by atoms with Crippen LogP contribution < -0.4 is 11.1 Å². The van der Waals surface area contributed by atoms with Gasteiger partial charge in [0.1, 0.15) is 0 Å². The molecule has 0 aliphatic heterocycles. The predicted octanol–water partition coefficient (Wildman–Crippen LogP) is 2.75. The van der Waals surface area contributed by atoms with E-state index in [1.54, 1.807) is 12.1 Å². The average molecular weight is 263 g/mol. The van der Waals surface area contributed by atoms with Crippen LogP contribution >= 0.6 is 24.0 Å². The number of amides is 1. The molecule has 3 nitrogen and oxygen atoms in total. The number of anilines is 1. The van der Waals surface area contributed by atoms with Gasteiger partial charge in [-0.1, -0.05) is 11.6 Å². The topological polar surface area (TPSA) is 55.1 Å². The van der Waals surface area contributed by atoms with Crippen LogP contribution in [-0.2, 0) is 4.79 Å². The van der Waals surface area contributed by atoms with Crippen molar-refractivity contribution >= 4 is 35.6 Å². The van der Waals surface area contributed by atoms with Crippen LogP contribution in [0.2, 0.25) is 5.02 Å². The molecule has 1 amide bonds. The van der Waals surface area contributed by atoms with E-state index in [0.29, 0.717) is 24.4 Å². The number of hydrogen-bond donors (Lipinski definition) is 2. The van der Waals surface area contributed by atoms with Gasteiger partial charge < -0.3 is 11.1 Å². The Labute approximate surface area is 107 Å². The molecule has 0 bridgehead atoms. The first-order valence-electron chi connectivity index (χ1n) is 4.89. The number of nitrogens with two attached hydrogens (primary N) is 1. The summed E-state index contributed by atoms with van der Waals surface area (Å²) in [5.41, 5.74) is 7.09. The van der Waals surface area contributed by atoms with Crippen LogP contribution in [0.4, 0.5) is 5.69 Å². The highest BCUT2D eigenvalue weighted by Gasteiger charge is 2.04.